The fraction of sp³-hybridized carbons (Fsp3) is 0.400. The van der Waals surface area contributed by atoms with E-state index in [9.17, 15) is 21.2 Å². The zero-order valence-electron chi connectivity index (χ0n) is 10.5. The Labute approximate surface area is 112 Å². The van der Waals surface area contributed by atoms with Crippen LogP contribution in [0.4, 0.5) is 4.39 Å². The van der Waals surface area contributed by atoms with Crippen molar-refractivity contribution in [3.05, 3.63) is 24.0 Å². The Kier molecular flexibility index (Phi) is 5.02. The minimum atomic E-state index is -4.08. The summed E-state index contributed by atoms with van der Waals surface area (Å²) < 4.78 is 62.0. The van der Waals surface area contributed by atoms with Gasteiger partial charge in [0.15, 0.2) is 9.84 Å². The maximum absolute atomic E-state index is 13.5. The number of likely N-dealkylation sites (N-methyl/N-ethyl adjacent to an activating group) is 1. The van der Waals surface area contributed by atoms with Gasteiger partial charge in [0.1, 0.15) is 10.7 Å². The molecule has 0 spiro atoms. The molecule has 9 heteroatoms. The van der Waals surface area contributed by atoms with Crippen molar-refractivity contribution in [2.24, 2.45) is 0 Å². The number of hydrogen-bond donors (Lipinski definition) is 2. The molecule has 0 fully saturated rings. The van der Waals surface area contributed by atoms with Gasteiger partial charge in [-0.1, -0.05) is 0 Å². The van der Waals surface area contributed by atoms with Crippen LogP contribution in [0.3, 0.4) is 0 Å². The van der Waals surface area contributed by atoms with Gasteiger partial charge in [-0.15, -0.1) is 0 Å². The Balaban J connectivity index is 3.19. The second-order valence-electron chi connectivity index (χ2n) is 3.87. The first-order valence-electron chi connectivity index (χ1n) is 5.32. The van der Waals surface area contributed by atoms with Gasteiger partial charge in [0, 0.05) is 19.3 Å². The molecule has 0 atom stereocenters. The number of sulfone groups is 1. The molecule has 1 aromatic rings. The zero-order chi connectivity index (χ0) is 14.7. The lowest BCUT2D eigenvalue weighted by Gasteiger charge is -2.08. The van der Waals surface area contributed by atoms with Crippen molar-refractivity contribution in [1.29, 1.82) is 0 Å². The standard InChI is InChI=1S/C10H15FN2O4S2/c1-12-5-6-13-19(16,17)10-7-8(18(2,14)15)3-4-9(10)11/h3-4,7,12-13H,5-6H2,1-2H3. The van der Waals surface area contributed by atoms with Gasteiger partial charge >= 0.3 is 0 Å². The van der Waals surface area contributed by atoms with Crippen LogP contribution in [0.25, 0.3) is 0 Å². The van der Waals surface area contributed by atoms with E-state index in [-0.39, 0.29) is 11.4 Å². The summed E-state index contributed by atoms with van der Waals surface area (Å²) in [5, 5.41) is 2.73. The number of sulfonamides is 1. The maximum atomic E-state index is 13.5. The Bertz CT molecular complexity index is 656. The van der Waals surface area contributed by atoms with E-state index in [0.29, 0.717) is 6.54 Å². The van der Waals surface area contributed by atoms with Gasteiger partial charge < -0.3 is 5.32 Å². The van der Waals surface area contributed by atoms with Crippen LogP contribution in [-0.4, -0.2) is 43.2 Å². The summed E-state index contributed by atoms with van der Waals surface area (Å²) >= 11 is 0. The highest BCUT2D eigenvalue weighted by Crippen LogP contribution is 2.19. The fourth-order valence-corrected chi connectivity index (χ4v) is 3.16. The van der Waals surface area contributed by atoms with E-state index in [1.54, 1.807) is 7.05 Å². The van der Waals surface area contributed by atoms with E-state index in [0.717, 1.165) is 24.5 Å². The highest BCUT2D eigenvalue weighted by molar-refractivity contribution is 7.91. The summed E-state index contributed by atoms with van der Waals surface area (Å²) in [4.78, 5) is -0.922. The molecule has 0 saturated carbocycles. The van der Waals surface area contributed by atoms with Gasteiger partial charge in [-0.05, 0) is 25.2 Å². The van der Waals surface area contributed by atoms with E-state index < -0.39 is 30.6 Å². The summed E-state index contributed by atoms with van der Waals surface area (Å²) in [5.41, 5.74) is 0. The molecular weight excluding hydrogens is 295 g/mol. The van der Waals surface area contributed by atoms with E-state index in [4.69, 9.17) is 0 Å². The summed E-state index contributed by atoms with van der Waals surface area (Å²) in [6.07, 6.45) is 0.922. The monoisotopic (exact) mass is 310 g/mol. The summed E-state index contributed by atoms with van der Waals surface area (Å²) in [5.74, 6) is -0.996. The molecule has 19 heavy (non-hydrogen) atoms. The SMILES string of the molecule is CNCCNS(=O)(=O)c1cc(S(C)(=O)=O)ccc1F. The van der Waals surface area contributed by atoms with Crippen molar-refractivity contribution < 1.29 is 21.2 Å². The molecule has 6 nitrogen and oxygen atoms in total. The quantitative estimate of drug-likeness (QED) is 0.557. The van der Waals surface area contributed by atoms with Gasteiger partial charge in [0.25, 0.3) is 0 Å². The van der Waals surface area contributed by atoms with Gasteiger partial charge in [-0.25, -0.2) is 25.9 Å². The first-order chi connectivity index (χ1) is 8.68. The second-order valence-corrected chi connectivity index (χ2v) is 7.62. The van der Waals surface area contributed by atoms with Gasteiger partial charge in [-0.2, -0.15) is 0 Å². The summed E-state index contributed by atoms with van der Waals surface area (Å²) in [6.45, 7) is 0.438. The maximum Gasteiger partial charge on any atom is 0.243 e. The molecule has 0 aliphatic rings. The van der Waals surface area contributed by atoms with Crippen molar-refractivity contribution in [2.45, 2.75) is 9.79 Å². The summed E-state index contributed by atoms with van der Waals surface area (Å²) in [7, 11) is -6.04. The highest BCUT2D eigenvalue weighted by atomic mass is 32.2. The molecule has 0 aliphatic heterocycles. The lowest BCUT2D eigenvalue weighted by molar-refractivity contribution is 0.554. The second kappa shape index (κ2) is 5.95. The fourth-order valence-electron chi connectivity index (χ4n) is 1.31. The molecule has 0 aliphatic carbocycles. The third-order valence-corrected chi connectivity index (χ3v) is 4.87. The van der Waals surface area contributed by atoms with Crippen LogP contribution >= 0.6 is 0 Å². The van der Waals surface area contributed by atoms with Crippen LogP contribution in [0.1, 0.15) is 0 Å². The smallest absolute Gasteiger partial charge is 0.243 e. The molecule has 0 amide bonds. The topological polar surface area (TPSA) is 92.3 Å². The minimum Gasteiger partial charge on any atom is -0.318 e. The van der Waals surface area contributed by atoms with Gasteiger partial charge in [-0.3, -0.25) is 0 Å². The van der Waals surface area contributed by atoms with Crippen molar-refractivity contribution >= 4 is 19.9 Å². The Morgan fingerprint density at radius 1 is 1.16 bits per heavy atom. The summed E-state index contributed by atoms with van der Waals surface area (Å²) in [6, 6.07) is 2.66. The molecule has 0 saturated heterocycles. The van der Waals surface area contributed by atoms with Crippen LogP contribution < -0.4 is 10.0 Å². The third kappa shape index (κ3) is 4.23. The normalized spacial score (nSPS) is 12.6. The van der Waals surface area contributed by atoms with Crippen LogP contribution in [0, 0.1) is 5.82 Å². The van der Waals surface area contributed by atoms with E-state index in [2.05, 4.69) is 10.0 Å². The van der Waals surface area contributed by atoms with Crippen molar-refractivity contribution in [1.82, 2.24) is 10.0 Å². The molecule has 0 bridgehead atoms. The molecular formula is C10H15FN2O4S2. The molecule has 1 aromatic carbocycles. The number of rotatable bonds is 6. The first-order valence-corrected chi connectivity index (χ1v) is 8.70. The van der Waals surface area contributed by atoms with Gasteiger partial charge in [0.05, 0.1) is 4.90 Å². The molecule has 2 N–H and O–H groups in total. The van der Waals surface area contributed by atoms with Crippen LogP contribution in [0.5, 0.6) is 0 Å². The lowest BCUT2D eigenvalue weighted by Crippen LogP contribution is -2.31. The molecule has 0 unspecified atom stereocenters. The number of hydrogen-bond acceptors (Lipinski definition) is 5. The van der Waals surface area contributed by atoms with Gasteiger partial charge in [0.2, 0.25) is 10.0 Å². The zero-order valence-corrected chi connectivity index (χ0v) is 12.1. The number of halogens is 1. The van der Waals surface area contributed by atoms with E-state index in [1.807, 2.05) is 0 Å². The van der Waals surface area contributed by atoms with Crippen LogP contribution in [0.15, 0.2) is 28.0 Å². The lowest BCUT2D eigenvalue weighted by atomic mass is 10.3. The largest absolute Gasteiger partial charge is 0.318 e. The average Bonchev–Trinajstić information content (AvgIpc) is 2.27. The Hall–Kier alpha value is -1.03. The Morgan fingerprint density at radius 2 is 1.79 bits per heavy atom. The Morgan fingerprint density at radius 3 is 2.32 bits per heavy atom. The predicted molar refractivity (Wildman–Crippen MR) is 68.6 cm³/mol. The number of nitrogens with one attached hydrogen (secondary N) is 2. The molecule has 108 valence electrons. The average molecular weight is 310 g/mol. The minimum absolute atomic E-state index is 0.0708. The van der Waals surface area contributed by atoms with Crippen LogP contribution in [0.2, 0.25) is 0 Å². The molecule has 0 aromatic heterocycles. The van der Waals surface area contributed by atoms with Crippen molar-refractivity contribution in [3.8, 4) is 0 Å². The number of benzene rings is 1. The van der Waals surface area contributed by atoms with E-state index in [1.165, 1.54) is 0 Å². The first kappa shape index (κ1) is 16.0. The van der Waals surface area contributed by atoms with Crippen molar-refractivity contribution in [2.75, 3.05) is 26.4 Å². The van der Waals surface area contributed by atoms with E-state index >= 15 is 0 Å². The third-order valence-electron chi connectivity index (χ3n) is 2.29. The molecule has 0 heterocycles. The predicted octanol–water partition coefficient (Wildman–Crippen LogP) is -0.273. The molecule has 0 radical (unpaired) electrons. The van der Waals surface area contributed by atoms with Crippen LogP contribution in [-0.2, 0) is 19.9 Å². The highest BCUT2D eigenvalue weighted by Gasteiger charge is 2.21. The van der Waals surface area contributed by atoms with Crippen molar-refractivity contribution in [3.63, 3.8) is 0 Å². The molecule has 1 rings (SSSR count).